The number of rotatable bonds is 9. The van der Waals surface area contributed by atoms with Crippen LogP contribution in [0.3, 0.4) is 0 Å². The van der Waals surface area contributed by atoms with E-state index in [-0.39, 0.29) is 0 Å². The summed E-state index contributed by atoms with van der Waals surface area (Å²) in [6.07, 6.45) is -6.96. The Morgan fingerprint density at radius 2 is 0.905 bits per heavy atom. The molecule has 0 radical (unpaired) electrons. The molecule has 0 unspecified atom stereocenters. The van der Waals surface area contributed by atoms with Crippen LogP contribution in [0.15, 0.2) is 0 Å². The molecule has 132 valence electrons. The number of hydrogen-bond donors (Lipinski definition) is 0. The maximum absolute atomic E-state index is 10.4. The predicted octanol–water partition coefficient (Wildman–Crippen LogP) is 3.37. The van der Waals surface area contributed by atoms with E-state index in [2.05, 4.69) is 0 Å². The molecule has 0 bridgehead atoms. The van der Waals surface area contributed by atoms with Gasteiger partial charge in [-0.3, -0.25) is 0 Å². The lowest BCUT2D eigenvalue weighted by atomic mass is 10.8. The summed E-state index contributed by atoms with van der Waals surface area (Å²) in [4.78, 5) is 0. The van der Waals surface area contributed by atoms with Crippen molar-refractivity contribution in [1.82, 2.24) is 0 Å². The fourth-order valence-corrected chi connectivity index (χ4v) is 1.86. The zero-order chi connectivity index (χ0) is 17.1. The molecule has 0 atom stereocenters. The molecule has 0 heterocycles. The van der Waals surface area contributed by atoms with E-state index in [9.17, 15) is 17.6 Å². The van der Waals surface area contributed by atoms with Gasteiger partial charge in [0.2, 0.25) is 0 Å². The molecule has 21 heavy (non-hydrogen) atoms. The van der Waals surface area contributed by atoms with Crippen molar-refractivity contribution in [2.24, 2.45) is 0 Å². The van der Waals surface area contributed by atoms with Crippen molar-refractivity contribution in [3.63, 3.8) is 0 Å². The van der Waals surface area contributed by atoms with Crippen LogP contribution >= 0.6 is 0 Å². The molecule has 0 fully saturated rings. The number of ether oxygens (including phenoxy) is 1. The van der Waals surface area contributed by atoms with Crippen LogP contribution < -0.4 is 0 Å². The lowest BCUT2D eigenvalue weighted by molar-refractivity contribution is -0.0278. The van der Waals surface area contributed by atoms with Gasteiger partial charge in [-0.1, -0.05) is 0 Å². The molecule has 0 aromatic carbocycles. The highest BCUT2D eigenvalue weighted by Crippen LogP contribution is 2.04. The van der Waals surface area contributed by atoms with Crippen molar-refractivity contribution < 1.29 is 35.6 Å². The van der Waals surface area contributed by atoms with Gasteiger partial charge in [-0.15, -0.1) is 0 Å². The Morgan fingerprint density at radius 1 is 0.619 bits per heavy atom. The summed E-state index contributed by atoms with van der Waals surface area (Å²) < 4.78 is 62.1. The predicted molar refractivity (Wildman–Crippen MR) is 76.2 cm³/mol. The molecule has 9 heteroatoms. The second-order valence-corrected chi connectivity index (χ2v) is 4.68. The quantitative estimate of drug-likeness (QED) is 0.476. The second-order valence-electron chi connectivity index (χ2n) is 3.11. The summed E-state index contributed by atoms with van der Waals surface area (Å²) >= 11 is 0. The Kier molecular flexibility index (Phi) is 27.0. The lowest BCUT2D eigenvalue weighted by Crippen LogP contribution is -2.27. The molecule has 0 N–H and O–H groups in total. The smallest absolute Gasteiger partial charge is 0.382 e. The summed E-state index contributed by atoms with van der Waals surface area (Å²) in [6.45, 7) is 13.5. The first kappa shape index (κ1) is 25.7. The monoisotopic (exact) mass is 340 g/mol. The van der Waals surface area contributed by atoms with Gasteiger partial charge in [-0.2, -0.15) is 0 Å². The van der Waals surface area contributed by atoms with Crippen molar-refractivity contribution in [2.75, 3.05) is 33.0 Å². The van der Waals surface area contributed by atoms with E-state index in [1.807, 2.05) is 34.6 Å². The fourth-order valence-electron chi connectivity index (χ4n) is 0.757. The zero-order valence-corrected chi connectivity index (χ0v) is 14.6. The molecule has 0 rings (SSSR count). The van der Waals surface area contributed by atoms with Gasteiger partial charge in [0.1, 0.15) is 0 Å². The molecular formula is C12H28F4O4Si. The minimum Gasteiger partial charge on any atom is -0.382 e. The summed E-state index contributed by atoms with van der Waals surface area (Å²) in [5, 5.41) is 0. The van der Waals surface area contributed by atoms with Crippen LogP contribution in [0.2, 0.25) is 0 Å². The van der Waals surface area contributed by atoms with E-state index in [4.69, 9.17) is 18.0 Å². The van der Waals surface area contributed by atoms with Crippen LogP contribution in [0.5, 0.6) is 0 Å². The normalized spacial score (nSPS) is 10.3. The average molecular weight is 340 g/mol. The van der Waals surface area contributed by atoms with Crippen LogP contribution in [-0.2, 0) is 18.0 Å². The molecule has 0 amide bonds. The highest BCUT2D eigenvalue weighted by atomic mass is 28.3. The third-order valence-corrected chi connectivity index (χ3v) is 3.32. The SMILES string of the molecule is CCOCC.CCO[SiH](OCC)OCC.FC(F)C(F)F. The number of hydrogen-bond acceptors (Lipinski definition) is 4. The average Bonchev–Trinajstić information content (AvgIpc) is 2.42. The van der Waals surface area contributed by atoms with E-state index >= 15 is 0 Å². The maximum atomic E-state index is 10.4. The van der Waals surface area contributed by atoms with Gasteiger partial charge in [-0.25, -0.2) is 17.6 Å². The second kappa shape index (κ2) is 22.1. The molecule has 0 aliphatic heterocycles. The van der Waals surface area contributed by atoms with Crippen LogP contribution in [0, 0.1) is 0 Å². The van der Waals surface area contributed by atoms with E-state index in [0.717, 1.165) is 13.2 Å². The van der Waals surface area contributed by atoms with E-state index < -0.39 is 22.4 Å². The highest BCUT2D eigenvalue weighted by Gasteiger charge is 2.15. The third kappa shape index (κ3) is 28.6. The van der Waals surface area contributed by atoms with E-state index in [1.165, 1.54) is 0 Å². The first-order valence-corrected chi connectivity index (χ1v) is 8.31. The van der Waals surface area contributed by atoms with Crippen molar-refractivity contribution in [1.29, 1.82) is 0 Å². The van der Waals surface area contributed by atoms with Crippen molar-refractivity contribution in [2.45, 2.75) is 47.5 Å². The molecule has 4 nitrogen and oxygen atoms in total. The van der Waals surface area contributed by atoms with Gasteiger partial charge in [0.05, 0.1) is 0 Å². The maximum Gasteiger partial charge on any atom is 0.484 e. The van der Waals surface area contributed by atoms with E-state index in [0.29, 0.717) is 19.8 Å². The molecule has 0 spiro atoms. The highest BCUT2D eigenvalue weighted by molar-refractivity contribution is 6.36. The summed E-state index contributed by atoms with van der Waals surface area (Å²) in [5.74, 6) is 0. The summed E-state index contributed by atoms with van der Waals surface area (Å²) in [6, 6.07) is 0. The lowest BCUT2D eigenvalue weighted by Gasteiger charge is -2.12. The standard InChI is InChI=1S/C6H16O3Si.C4H10O.C2H2F4/c1-4-7-10(8-5-2)9-6-3;1-3-5-4-2;3-1(4)2(5)6/h10H,4-6H2,1-3H3;3-4H2,1-2H3;1-2H. The minimum absolute atomic E-state index is 0.677. The molecule has 0 aromatic rings. The van der Waals surface area contributed by atoms with Crippen molar-refractivity contribution >= 4 is 9.53 Å². The first-order chi connectivity index (χ1) is 9.90. The van der Waals surface area contributed by atoms with Crippen LogP contribution in [0.4, 0.5) is 17.6 Å². The van der Waals surface area contributed by atoms with Gasteiger partial charge < -0.3 is 18.0 Å². The van der Waals surface area contributed by atoms with Crippen molar-refractivity contribution in [3.05, 3.63) is 0 Å². The number of halogens is 4. The molecule has 0 saturated carbocycles. The molecular weight excluding hydrogens is 312 g/mol. The topological polar surface area (TPSA) is 36.9 Å². The Morgan fingerprint density at radius 3 is 1.00 bits per heavy atom. The molecule has 0 aliphatic carbocycles. The summed E-state index contributed by atoms with van der Waals surface area (Å²) in [7, 11) is -1.73. The zero-order valence-electron chi connectivity index (χ0n) is 13.4. The largest absolute Gasteiger partial charge is 0.484 e. The Bertz CT molecular complexity index is 157. The Hall–Kier alpha value is -0.223. The van der Waals surface area contributed by atoms with Crippen LogP contribution in [0.1, 0.15) is 34.6 Å². The summed E-state index contributed by atoms with van der Waals surface area (Å²) in [5.41, 5.74) is 0. The minimum atomic E-state index is -3.48. The van der Waals surface area contributed by atoms with E-state index in [1.54, 1.807) is 0 Å². The Labute approximate surface area is 126 Å². The van der Waals surface area contributed by atoms with Crippen LogP contribution in [-0.4, -0.2) is 55.4 Å². The van der Waals surface area contributed by atoms with Gasteiger partial charge in [0.15, 0.2) is 0 Å². The van der Waals surface area contributed by atoms with Crippen LogP contribution in [0.25, 0.3) is 0 Å². The first-order valence-electron chi connectivity index (χ1n) is 6.89. The number of alkyl halides is 4. The van der Waals surface area contributed by atoms with Crippen molar-refractivity contribution in [3.8, 4) is 0 Å². The van der Waals surface area contributed by atoms with Gasteiger partial charge in [0.25, 0.3) is 12.9 Å². The molecule has 0 aliphatic rings. The fraction of sp³-hybridized carbons (Fsp3) is 1.00. The third-order valence-electron chi connectivity index (χ3n) is 1.51. The molecule has 0 saturated heterocycles. The Balaban J connectivity index is -0.000000252. The van der Waals surface area contributed by atoms with Gasteiger partial charge in [-0.05, 0) is 34.6 Å². The van der Waals surface area contributed by atoms with Gasteiger partial charge in [0, 0.05) is 33.0 Å². The van der Waals surface area contributed by atoms with Gasteiger partial charge >= 0.3 is 9.53 Å². The molecule has 0 aromatic heterocycles.